The van der Waals surface area contributed by atoms with E-state index in [0.29, 0.717) is 0 Å². The Balaban J connectivity index is 1.75. The standard InChI is InChI=1S/C20H12/c1-2-6-17(5-1)9-11-19-13-15-20(16-14-19)12-10-18-7-3-4-8-18/h1-8,13-16H/q-2. The topological polar surface area (TPSA) is 0 Å². The monoisotopic (exact) mass is 252 g/mol. The summed E-state index contributed by atoms with van der Waals surface area (Å²) in [7, 11) is 0. The van der Waals surface area contributed by atoms with Crippen molar-refractivity contribution in [1.29, 1.82) is 0 Å². The molecule has 3 aromatic rings. The molecule has 0 N–H and O–H groups in total. The fourth-order valence-corrected chi connectivity index (χ4v) is 1.84. The first kappa shape index (κ1) is 12.1. The fraction of sp³-hybridized carbons (Fsp3) is 0. The molecule has 0 fully saturated rings. The van der Waals surface area contributed by atoms with E-state index in [2.05, 4.69) is 23.7 Å². The molecule has 0 aromatic heterocycles. The second-order valence-corrected chi connectivity index (χ2v) is 4.42. The van der Waals surface area contributed by atoms with Crippen LogP contribution in [0.3, 0.4) is 0 Å². The van der Waals surface area contributed by atoms with Gasteiger partial charge >= 0.3 is 0 Å². The van der Waals surface area contributed by atoms with E-state index >= 15 is 0 Å². The quantitative estimate of drug-likeness (QED) is 0.420. The highest BCUT2D eigenvalue weighted by Gasteiger charge is 1.87. The predicted octanol–water partition coefficient (Wildman–Crippen LogP) is 3.92. The molecule has 0 atom stereocenters. The third-order valence-electron chi connectivity index (χ3n) is 2.91. The Morgan fingerprint density at radius 3 is 1.95 bits per heavy atom. The maximum absolute atomic E-state index is 3.15. The Labute approximate surface area is 119 Å². The third-order valence-corrected chi connectivity index (χ3v) is 2.91. The molecule has 3 rings (SSSR count). The van der Waals surface area contributed by atoms with Crippen LogP contribution < -0.4 is 0 Å². The van der Waals surface area contributed by atoms with Crippen LogP contribution in [0.1, 0.15) is 22.3 Å². The van der Waals surface area contributed by atoms with E-state index in [-0.39, 0.29) is 0 Å². The molecule has 3 aromatic carbocycles. The van der Waals surface area contributed by atoms with Gasteiger partial charge in [-0.25, -0.2) is 0 Å². The normalized spacial score (nSPS) is 9.20. The van der Waals surface area contributed by atoms with E-state index in [9.17, 15) is 0 Å². The van der Waals surface area contributed by atoms with Crippen LogP contribution in [-0.2, 0) is 0 Å². The summed E-state index contributed by atoms with van der Waals surface area (Å²) in [6.45, 7) is 0. The molecule has 20 heavy (non-hydrogen) atoms. The van der Waals surface area contributed by atoms with Gasteiger partial charge in [-0.3, -0.25) is 0 Å². The van der Waals surface area contributed by atoms with E-state index in [0.717, 1.165) is 22.3 Å². The van der Waals surface area contributed by atoms with Crippen LogP contribution in [0.4, 0.5) is 0 Å². The molecule has 0 nitrogen and oxygen atoms in total. The van der Waals surface area contributed by atoms with Crippen molar-refractivity contribution in [2.24, 2.45) is 0 Å². The molecule has 0 amide bonds. The lowest BCUT2D eigenvalue weighted by atomic mass is 10.1. The second-order valence-electron chi connectivity index (χ2n) is 4.42. The SMILES string of the molecule is C(#Cc1cc[cH-]c1)c1ccc(C#Cc2ccc[cH-]2)cc1. The van der Waals surface area contributed by atoms with Crippen LogP contribution in [0.25, 0.3) is 0 Å². The largest absolute Gasteiger partial charge is 0.199 e. The summed E-state index contributed by atoms with van der Waals surface area (Å²) in [5.41, 5.74) is 4.10. The molecule has 0 saturated carbocycles. The van der Waals surface area contributed by atoms with Crippen molar-refractivity contribution in [2.45, 2.75) is 0 Å². The van der Waals surface area contributed by atoms with Crippen molar-refractivity contribution in [3.8, 4) is 23.7 Å². The average molecular weight is 252 g/mol. The van der Waals surface area contributed by atoms with Gasteiger partial charge in [-0.2, -0.15) is 48.4 Å². The van der Waals surface area contributed by atoms with E-state index in [1.54, 1.807) is 0 Å². The zero-order valence-corrected chi connectivity index (χ0v) is 10.9. The van der Waals surface area contributed by atoms with E-state index in [1.165, 1.54) is 0 Å². The minimum absolute atomic E-state index is 1.00. The second kappa shape index (κ2) is 5.79. The molecular weight excluding hydrogens is 240 g/mol. The summed E-state index contributed by atoms with van der Waals surface area (Å²) in [6, 6.07) is 24.0. The lowest BCUT2D eigenvalue weighted by Gasteiger charge is -1.94. The van der Waals surface area contributed by atoms with Crippen LogP contribution >= 0.6 is 0 Å². The van der Waals surface area contributed by atoms with Gasteiger partial charge in [0, 0.05) is 11.1 Å². The van der Waals surface area contributed by atoms with Gasteiger partial charge in [0.1, 0.15) is 0 Å². The third kappa shape index (κ3) is 3.08. The van der Waals surface area contributed by atoms with E-state index < -0.39 is 0 Å². The lowest BCUT2D eigenvalue weighted by Crippen LogP contribution is -1.77. The van der Waals surface area contributed by atoms with E-state index in [4.69, 9.17) is 0 Å². The van der Waals surface area contributed by atoms with Crippen molar-refractivity contribution in [3.05, 3.63) is 95.1 Å². The van der Waals surface area contributed by atoms with Gasteiger partial charge < -0.3 is 0 Å². The van der Waals surface area contributed by atoms with E-state index in [1.807, 2.05) is 72.8 Å². The molecule has 0 unspecified atom stereocenters. The van der Waals surface area contributed by atoms with Crippen molar-refractivity contribution in [1.82, 2.24) is 0 Å². The Hall–Kier alpha value is -2.96. The molecule has 0 heteroatoms. The van der Waals surface area contributed by atoms with Crippen molar-refractivity contribution in [2.75, 3.05) is 0 Å². The Morgan fingerprint density at radius 2 is 1.35 bits per heavy atom. The summed E-state index contributed by atoms with van der Waals surface area (Å²) >= 11 is 0. The molecule has 0 radical (unpaired) electrons. The molecule has 94 valence electrons. The van der Waals surface area contributed by atoms with Gasteiger partial charge in [0.05, 0.1) is 0 Å². The highest BCUT2D eigenvalue weighted by molar-refractivity contribution is 5.48. The van der Waals surface area contributed by atoms with Crippen LogP contribution in [-0.4, -0.2) is 0 Å². The maximum Gasteiger partial charge on any atom is 0.0238 e. The summed E-state index contributed by atoms with van der Waals surface area (Å²) in [5.74, 6) is 12.5. The summed E-state index contributed by atoms with van der Waals surface area (Å²) in [6.07, 6.45) is 0. The Morgan fingerprint density at radius 1 is 0.650 bits per heavy atom. The zero-order chi connectivity index (χ0) is 13.6. The zero-order valence-electron chi connectivity index (χ0n) is 10.9. The van der Waals surface area contributed by atoms with Crippen LogP contribution in [0.15, 0.2) is 72.8 Å². The number of rotatable bonds is 0. The first-order valence-electron chi connectivity index (χ1n) is 6.48. The smallest absolute Gasteiger partial charge is 0.0238 e. The van der Waals surface area contributed by atoms with Gasteiger partial charge in [-0.15, -0.1) is 29.0 Å². The molecule has 0 aliphatic heterocycles. The lowest BCUT2D eigenvalue weighted by molar-refractivity contribution is 1.60. The van der Waals surface area contributed by atoms with Crippen LogP contribution in [0.5, 0.6) is 0 Å². The maximum atomic E-state index is 3.15. The average Bonchev–Trinajstić information content (AvgIpc) is 3.17. The first-order chi connectivity index (χ1) is 9.90. The molecule has 0 heterocycles. The number of hydrogen-bond acceptors (Lipinski definition) is 0. The minimum Gasteiger partial charge on any atom is -0.199 e. The van der Waals surface area contributed by atoms with Crippen molar-refractivity contribution < 1.29 is 0 Å². The highest BCUT2D eigenvalue weighted by Crippen LogP contribution is 2.04. The molecular formula is C20H12-2. The predicted molar refractivity (Wildman–Crippen MR) is 82.5 cm³/mol. The highest BCUT2D eigenvalue weighted by atomic mass is 13.9. The molecule has 0 spiro atoms. The molecule has 0 bridgehead atoms. The number of benzene rings is 1. The van der Waals surface area contributed by atoms with Gasteiger partial charge in [-0.05, 0) is 24.3 Å². The van der Waals surface area contributed by atoms with Gasteiger partial charge in [0.15, 0.2) is 0 Å². The summed E-state index contributed by atoms with van der Waals surface area (Å²) < 4.78 is 0. The first-order valence-corrected chi connectivity index (χ1v) is 6.48. The Kier molecular flexibility index (Phi) is 3.50. The minimum atomic E-state index is 1.00. The molecule has 0 aliphatic carbocycles. The molecule has 0 saturated heterocycles. The number of hydrogen-bond donors (Lipinski definition) is 0. The van der Waals surface area contributed by atoms with Gasteiger partial charge in [-0.1, -0.05) is 5.92 Å². The van der Waals surface area contributed by atoms with Crippen molar-refractivity contribution >= 4 is 0 Å². The van der Waals surface area contributed by atoms with Gasteiger partial charge in [0.25, 0.3) is 0 Å². The molecule has 0 aliphatic rings. The summed E-state index contributed by atoms with van der Waals surface area (Å²) in [4.78, 5) is 0. The fourth-order valence-electron chi connectivity index (χ4n) is 1.84. The Bertz CT molecular complexity index is 704. The van der Waals surface area contributed by atoms with Crippen molar-refractivity contribution in [3.63, 3.8) is 0 Å². The van der Waals surface area contributed by atoms with Gasteiger partial charge in [0.2, 0.25) is 0 Å². The summed E-state index contributed by atoms with van der Waals surface area (Å²) in [5, 5.41) is 0. The van der Waals surface area contributed by atoms with Crippen LogP contribution in [0, 0.1) is 23.7 Å². The van der Waals surface area contributed by atoms with Crippen LogP contribution in [0.2, 0.25) is 0 Å².